The van der Waals surface area contributed by atoms with Crippen LogP contribution in [0.2, 0.25) is 0 Å². The third kappa shape index (κ3) is 9.36. The highest BCUT2D eigenvalue weighted by atomic mass is 17.2. The highest BCUT2D eigenvalue weighted by Gasteiger charge is 2.27. The second kappa shape index (κ2) is 9.54. The van der Waals surface area contributed by atoms with Crippen LogP contribution in [0.3, 0.4) is 0 Å². The molecule has 0 bridgehead atoms. The number of hydrogen-bond donors (Lipinski definition) is 1. The summed E-state index contributed by atoms with van der Waals surface area (Å²) in [5, 5.41) is 2.56. The van der Waals surface area contributed by atoms with E-state index in [0.29, 0.717) is 5.56 Å². The number of nitrogens with one attached hydrogen (secondary N) is 1. The van der Waals surface area contributed by atoms with Crippen molar-refractivity contribution in [2.75, 3.05) is 6.61 Å². The minimum absolute atomic E-state index is 0.0206. The maximum Gasteiger partial charge on any atom is 0.408 e. The van der Waals surface area contributed by atoms with Crippen molar-refractivity contribution < 1.29 is 33.6 Å². The van der Waals surface area contributed by atoms with Gasteiger partial charge < -0.3 is 14.8 Å². The Kier molecular flexibility index (Phi) is 7.99. The van der Waals surface area contributed by atoms with Crippen LogP contribution in [-0.4, -0.2) is 41.7 Å². The number of ether oxygens (including phenoxy) is 2. The predicted molar refractivity (Wildman–Crippen MR) is 102 cm³/mol. The van der Waals surface area contributed by atoms with Gasteiger partial charge in [-0.05, 0) is 65.8 Å². The van der Waals surface area contributed by atoms with Crippen LogP contribution in [0.5, 0.6) is 5.75 Å². The van der Waals surface area contributed by atoms with Crippen LogP contribution >= 0.6 is 0 Å². The van der Waals surface area contributed by atoms with Gasteiger partial charge in [0.25, 0.3) is 0 Å². The molecule has 0 heterocycles. The molecule has 8 nitrogen and oxygen atoms in total. The highest BCUT2D eigenvalue weighted by Crippen LogP contribution is 2.16. The van der Waals surface area contributed by atoms with Crippen LogP contribution in [0.15, 0.2) is 24.3 Å². The van der Waals surface area contributed by atoms with Gasteiger partial charge in [-0.2, -0.15) is 0 Å². The molecule has 1 atom stereocenters. The molecule has 1 N–H and O–H groups in total. The van der Waals surface area contributed by atoms with E-state index in [1.54, 1.807) is 20.8 Å². The van der Waals surface area contributed by atoms with Crippen molar-refractivity contribution in [2.45, 2.75) is 65.7 Å². The van der Waals surface area contributed by atoms with E-state index in [1.807, 2.05) is 20.8 Å². The number of benzene rings is 1. The maximum atomic E-state index is 12.9. The van der Waals surface area contributed by atoms with E-state index in [0.717, 1.165) is 0 Å². The Morgan fingerprint density at radius 1 is 0.964 bits per heavy atom. The second-order valence-corrected chi connectivity index (χ2v) is 8.17. The lowest BCUT2D eigenvalue weighted by molar-refractivity contribution is -0.210. The fraction of sp³-hybridized carbons (Fsp3) is 0.550. The molecule has 0 aromatic heterocycles. The molecule has 0 radical (unpaired) electrons. The third-order valence-corrected chi connectivity index (χ3v) is 3.08. The molecule has 1 rings (SSSR count). The summed E-state index contributed by atoms with van der Waals surface area (Å²) in [4.78, 5) is 45.0. The van der Waals surface area contributed by atoms with Gasteiger partial charge in [0.1, 0.15) is 11.6 Å². The molecule has 1 aromatic carbocycles. The Morgan fingerprint density at radius 2 is 1.54 bits per heavy atom. The number of carbonyl (C=O) groups excluding carboxylic acids is 3. The molecule has 0 fully saturated rings. The first-order valence-corrected chi connectivity index (χ1v) is 8.90. The second-order valence-electron chi connectivity index (χ2n) is 8.17. The van der Waals surface area contributed by atoms with Gasteiger partial charge in [-0.1, -0.05) is 0 Å². The zero-order chi connectivity index (χ0) is 21.5. The van der Waals surface area contributed by atoms with Gasteiger partial charge in [0.2, 0.25) is 0 Å². The fourth-order valence-corrected chi connectivity index (χ4v) is 1.95. The molecule has 0 spiro atoms. The van der Waals surface area contributed by atoms with Crippen LogP contribution in [0.25, 0.3) is 0 Å². The van der Waals surface area contributed by atoms with Crippen molar-refractivity contribution in [2.24, 2.45) is 0 Å². The summed E-state index contributed by atoms with van der Waals surface area (Å²) < 4.78 is 10.9. The molecule has 1 amide bonds. The Balaban J connectivity index is 2.90. The smallest absolute Gasteiger partial charge is 0.408 e. The zero-order valence-corrected chi connectivity index (χ0v) is 17.5. The van der Waals surface area contributed by atoms with E-state index >= 15 is 0 Å². The normalized spacial score (nSPS) is 12.7. The third-order valence-electron chi connectivity index (χ3n) is 3.08. The number of amides is 1. The van der Waals surface area contributed by atoms with E-state index in [-0.39, 0.29) is 18.1 Å². The summed E-state index contributed by atoms with van der Waals surface area (Å²) in [5.41, 5.74) is -0.859. The van der Waals surface area contributed by atoms with Crippen molar-refractivity contribution in [3.8, 4) is 5.75 Å². The van der Waals surface area contributed by atoms with Gasteiger partial charge in [-0.3, -0.25) is 14.6 Å². The summed E-state index contributed by atoms with van der Waals surface area (Å²) in [6, 6.07) is 5.02. The molecular weight excluding hydrogens is 366 g/mol. The SMILES string of the molecule is CC(=O)OOc1ccc(C(=O)[C@H](COC(C)(C)C)NC(=O)OC(C)(C)C)cc1. The fourth-order valence-electron chi connectivity index (χ4n) is 1.95. The van der Waals surface area contributed by atoms with Crippen LogP contribution in [0.4, 0.5) is 4.79 Å². The van der Waals surface area contributed by atoms with Crippen molar-refractivity contribution >= 4 is 17.8 Å². The maximum absolute atomic E-state index is 12.9. The minimum atomic E-state index is -0.936. The van der Waals surface area contributed by atoms with Crippen molar-refractivity contribution in [3.63, 3.8) is 0 Å². The number of Topliss-reactive ketones (excluding diaryl/α,β-unsaturated/α-hetero) is 1. The number of hydrogen-bond acceptors (Lipinski definition) is 7. The van der Waals surface area contributed by atoms with Crippen molar-refractivity contribution in [1.82, 2.24) is 5.32 Å². The zero-order valence-electron chi connectivity index (χ0n) is 17.5. The lowest BCUT2D eigenvalue weighted by atomic mass is 10.0. The lowest BCUT2D eigenvalue weighted by Crippen LogP contribution is -2.47. The first-order valence-electron chi connectivity index (χ1n) is 8.90. The van der Waals surface area contributed by atoms with Crippen LogP contribution in [0, 0.1) is 0 Å². The largest absolute Gasteiger partial charge is 0.444 e. The summed E-state index contributed by atoms with van der Waals surface area (Å²) in [7, 11) is 0. The summed E-state index contributed by atoms with van der Waals surface area (Å²) in [6.45, 7) is 11.9. The first kappa shape index (κ1) is 23.4. The average molecular weight is 395 g/mol. The summed E-state index contributed by atoms with van der Waals surface area (Å²) >= 11 is 0. The Bertz CT molecular complexity index is 684. The van der Waals surface area contributed by atoms with E-state index in [2.05, 4.69) is 10.2 Å². The highest BCUT2D eigenvalue weighted by molar-refractivity contribution is 6.01. The van der Waals surface area contributed by atoms with Gasteiger partial charge >= 0.3 is 12.1 Å². The van der Waals surface area contributed by atoms with Crippen LogP contribution < -0.4 is 10.2 Å². The molecule has 28 heavy (non-hydrogen) atoms. The molecule has 156 valence electrons. The molecule has 1 aromatic rings. The standard InChI is InChI=1S/C20H29NO7/c1-13(22)27-28-15-10-8-14(9-11-15)17(23)16(12-25-19(2,3)4)21-18(24)26-20(5,6)7/h8-11,16H,12H2,1-7H3,(H,21,24)/t16-/m0/s1. The van der Waals surface area contributed by atoms with E-state index in [1.165, 1.54) is 31.2 Å². The lowest BCUT2D eigenvalue weighted by Gasteiger charge is -2.26. The summed E-state index contributed by atoms with van der Waals surface area (Å²) in [6.07, 6.45) is -0.710. The van der Waals surface area contributed by atoms with Gasteiger partial charge in [0.15, 0.2) is 11.5 Å². The van der Waals surface area contributed by atoms with Gasteiger partial charge in [0, 0.05) is 12.5 Å². The monoisotopic (exact) mass is 395 g/mol. The summed E-state index contributed by atoms with van der Waals surface area (Å²) in [5.74, 6) is -0.690. The van der Waals surface area contributed by atoms with Gasteiger partial charge in [0.05, 0.1) is 12.2 Å². The first-order chi connectivity index (χ1) is 12.8. The average Bonchev–Trinajstić information content (AvgIpc) is 2.54. The molecule has 0 aliphatic heterocycles. The van der Waals surface area contributed by atoms with E-state index in [4.69, 9.17) is 14.4 Å². The number of alkyl carbamates (subject to hydrolysis) is 1. The Labute approximate surface area is 165 Å². The molecular formula is C20H29NO7. The van der Waals surface area contributed by atoms with Crippen LogP contribution in [0.1, 0.15) is 58.8 Å². The molecule has 0 aliphatic rings. The molecule has 0 aliphatic carbocycles. The topological polar surface area (TPSA) is 100 Å². The van der Waals surface area contributed by atoms with Crippen molar-refractivity contribution in [3.05, 3.63) is 29.8 Å². The van der Waals surface area contributed by atoms with Crippen LogP contribution in [-0.2, 0) is 19.2 Å². The molecule has 8 heteroatoms. The minimum Gasteiger partial charge on any atom is -0.444 e. The van der Waals surface area contributed by atoms with E-state index in [9.17, 15) is 14.4 Å². The van der Waals surface area contributed by atoms with Gasteiger partial charge in [-0.15, -0.1) is 0 Å². The number of ketones is 1. The quantitative estimate of drug-likeness (QED) is 0.429. The van der Waals surface area contributed by atoms with Crippen molar-refractivity contribution in [1.29, 1.82) is 0 Å². The predicted octanol–water partition coefficient (Wildman–Crippen LogP) is 3.43. The van der Waals surface area contributed by atoms with E-state index < -0.39 is 29.3 Å². The number of rotatable bonds is 7. The number of carbonyl (C=O) groups is 3. The molecule has 0 saturated carbocycles. The molecule has 0 unspecified atom stereocenters. The Hall–Kier alpha value is -2.61. The molecule has 0 saturated heterocycles. The Morgan fingerprint density at radius 3 is 2.00 bits per heavy atom. The van der Waals surface area contributed by atoms with Gasteiger partial charge in [-0.25, -0.2) is 9.59 Å².